The highest BCUT2D eigenvalue weighted by atomic mass is 35.5. The zero-order valence-electron chi connectivity index (χ0n) is 14.2. The van der Waals surface area contributed by atoms with Gasteiger partial charge < -0.3 is 15.4 Å². The number of carbonyl (C=O) groups is 2. The van der Waals surface area contributed by atoms with E-state index in [2.05, 4.69) is 0 Å². The lowest BCUT2D eigenvalue weighted by Gasteiger charge is -2.38. The third-order valence-electron chi connectivity index (χ3n) is 4.68. The maximum atomic E-state index is 12.8. The van der Waals surface area contributed by atoms with Crippen molar-refractivity contribution in [2.24, 2.45) is 11.7 Å². The smallest absolute Gasteiger partial charge is 0.265 e. The van der Waals surface area contributed by atoms with Gasteiger partial charge in [-0.3, -0.25) is 13.9 Å². The number of ether oxygens (including phenoxy) is 1. The van der Waals surface area contributed by atoms with Gasteiger partial charge in [0.2, 0.25) is 15.9 Å². The highest BCUT2D eigenvalue weighted by molar-refractivity contribution is 7.92. The van der Waals surface area contributed by atoms with Crippen LogP contribution in [-0.4, -0.2) is 57.1 Å². The molecule has 10 heteroatoms. The van der Waals surface area contributed by atoms with Crippen molar-refractivity contribution in [2.75, 3.05) is 30.2 Å². The normalized spacial score (nSPS) is 21.1. The van der Waals surface area contributed by atoms with Crippen molar-refractivity contribution < 1.29 is 22.7 Å². The standard InChI is InChI=1S/C16H20ClN3O5S/c1-26(23,24)20-9-14(25-13-3-2-11(17)8-12(13)20)16(22)19-6-4-10(5-7-19)15(18)21/h2-3,8,10,14H,4-7,9H2,1H3,(H2,18,21)/t14-/m0/s1. The van der Waals surface area contributed by atoms with Crippen LogP contribution in [0.1, 0.15) is 12.8 Å². The first-order valence-corrected chi connectivity index (χ1v) is 10.4. The largest absolute Gasteiger partial charge is 0.476 e. The molecule has 2 heterocycles. The monoisotopic (exact) mass is 401 g/mol. The summed E-state index contributed by atoms with van der Waals surface area (Å²) in [6, 6.07) is 4.62. The number of amides is 2. The topological polar surface area (TPSA) is 110 Å². The first-order valence-electron chi connectivity index (χ1n) is 8.19. The van der Waals surface area contributed by atoms with Crippen LogP contribution >= 0.6 is 11.6 Å². The Balaban J connectivity index is 1.80. The van der Waals surface area contributed by atoms with E-state index in [-0.39, 0.29) is 30.0 Å². The van der Waals surface area contributed by atoms with Crippen LogP contribution in [0, 0.1) is 5.92 Å². The number of hydrogen-bond acceptors (Lipinski definition) is 5. The molecule has 2 N–H and O–H groups in total. The Bertz CT molecular complexity index is 836. The Morgan fingerprint density at radius 3 is 2.50 bits per heavy atom. The summed E-state index contributed by atoms with van der Waals surface area (Å²) in [4.78, 5) is 25.7. The molecule has 1 saturated heterocycles. The van der Waals surface area contributed by atoms with Gasteiger partial charge in [-0.25, -0.2) is 8.42 Å². The number of anilines is 1. The van der Waals surface area contributed by atoms with E-state index in [0.29, 0.717) is 36.6 Å². The van der Waals surface area contributed by atoms with E-state index >= 15 is 0 Å². The van der Waals surface area contributed by atoms with Gasteiger partial charge in [-0.15, -0.1) is 0 Å². The lowest BCUT2D eigenvalue weighted by molar-refractivity contribution is -0.141. The average Bonchev–Trinajstić information content (AvgIpc) is 2.59. The summed E-state index contributed by atoms with van der Waals surface area (Å²) >= 11 is 5.96. The molecular formula is C16H20ClN3O5S. The maximum absolute atomic E-state index is 12.8. The second kappa shape index (κ2) is 6.96. The van der Waals surface area contributed by atoms with Gasteiger partial charge in [0.05, 0.1) is 18.5 Å². The summed E-state index contributed by atoms with van der Waals surface area (Å²) in [6.07, 6.45) is 1.11. The fourth-order valence-electron chi connectivity index (χ4n) is 3.26. The third kappa shape index (κ3) is 3.73. The van der Waals surface area contributed by atoms with Crippen LogP contribution in [0.25, 0.3) is 0 Å². The fraction of sp³-hybridized carbons (Fsp3) is 0.500. The molecule has 1 aromatic carbocycles. The molecule has 0 bridgehead atoms. The van der Waals surface area contributed by atoms with Gasteiger partial charge >= 0.3 is 0 Å². The number of carbonyl (C=O) groups excluding carboxylic acids is 2. The fourth-order valence-corrected chi connectivity index (χ4v) is 4.33. The molecule has 26 heavy (non-hydrogen) atoms. The molecule has 0 aliphatic carbocycles. The molecule has 1 fully saturated rings. The number of rotatable bonds is 3. The van der Waals surface area contributed by atoms with Gasteiger partial charge in [-0.1, -0.05) is 11.6 Å². The minimum absolute atomic E-state index is 0.124. The number of nitrogens with two attached hydrogens (primary N) is 1. The van der Waals surface area contributed by atoms with Gasteiger partial charge in [0.25, 0.3) is 5.91 Å². The molecule has 0 unspecified atom stereocenters. The summed E-state index contributed by atoms with van der Waals surface area (Å²) in [7, 11) is -3.61. The molecule has 0 aromatic heterocycles. The lowest BCUT2D eigenvalue weighted by Crippen LogP contribution is -2.53. The third-order valence-corrected chi connectivity index (χ3v) is 6.06. The molecule has 2 amide bonds. The molecule has 1 aromatic rings. The van der Waals surface area contributed by atoms with Crippen molar-refractivity contribution in [2.45, 2.75) is 18.9 Å². The second-order valence-corrected chi connectivity index (χ2v) is 8.86. The highest BCUT2D eigenvalue weighted by Gasteiger charge is 2.38. The number of primary amides is 1. The van der Waals surface area contributed by atoms with E-state index < -0.39 is 16.1 Å². The predicted molar refractivity (Wildman–Crippen MR) is 96.6 cm³/mol. The van der Waals surface area contributed by atoms with Gasteiger partial charge in [-0.05, 0) is 31.0 Å². The second-order valence-electron chi connectivity index (χ2n) is 6.51. The van der Waals surface area contributed by atoms with Crippen LogP contribution in [0.2, 0.25) is 5.02 Å². The Kier molecular flexibility index (Phi) is 5.03. The zero-order chi connectivity index (χ0) is 19.1. The van der Waals surface area contributed by atoms with E-state index in [9.17, 15) is 18.0 Å². The number of fused-ring (bicyclic) bond motifs is 1. The van der Waals surface area contributed by atoms with Gasteiger partial charge in [-0.2, -0.15) is 0 Å². The van der Waals surface area contributed by atoms with Gasteiger partial charge in [0, 0.05) is 24.0 Å². The number of sulfonamides is 1. The molecule has 0 spiro atoms. The molecule has 3 rings (SSSR count). The lowest BCUT2D eigenvalue weighted by atomic mass is 9.96. The van der Waals surface area contributed by atoms with Crippen LogP contribution in [0.15, 0.2) is 18.2 Å². The molecule has 1 atom stereocenters. The van der Waals surface area contributed by atoms with E-state index in [0.717, 1.165) is 10.6 Å². The van der Waals surface area contributed by atoms with Gasteiger partial charge in [0.15, 0.2) is 6.10 Å². The predicted octanol–water partition coefficient (Wildman–Crippen LogP) is 0.591. The van der Waals surface area contributed by atoms with Crippen molar-refractivity contribution in [3.05, 3.63) is 23.2 Å². The molecule has 8 nitrogen and oxygen atoms in total. The first-order chi connectivity index (χ1) is 12.2. The minimum atomic E-state index is -3.61. The zero-order valence-corrected chi connectivity index (χ0v) is 15.8. The van der Waals surface area contributed by atoms with Crippen LogP contribution in [-0.2, 0) is 19.6 Å². The maximum Gasteiger partial charge on any atom is 0.265 e. The van der Waals surface area contributed by atoms with Crippen molar-refractivity contribution in [3.63, 3.8) is 0 Å². The number of likely N-dealkylation sites (tertiary alicyclic amines) is 1. The summed E-state index contributed by atoms with van der Waals surface area (Å²) in [6.45, 7) is 0.651. The number of nitrogens with zero attached hydrogens (tertiary/aromatic N) is 2. The summed E-state index contributed by atoms with van der Waals surface area (Å²) < 4.78 is 31.2. The molecule has 2 aliphatic rings. The Hall–Kier alpha value is -2.00. The SMILES string of the molecule is CS(=O)(=O)N1C[C@@H](C(=O)N2CCC(C(N)=O)CC2)Oc2ccc(Cl)cc21. The van der Waals surface area contributed by atoms with E-state index in [4.69, 9.17) is 22.1 Å². The molecular weight excluding hydrogens is 382 g/mol. The van der Waals surface area contributed by atoms with Crippen molar-refractivity contribution in [1.82, 2.24) is 4.90 Å². The van der Waals surface area contributed by atoms with E-state index in [1.54, 1.807) is 17.0 Å². The Morgan fingerprint density at radius 2 is 1.92 bits per heavy atom. The number of benzene rings is 1. The average molecular weight is 402 g/mol. The number of hydrogen-bond donors (Lipinski definition) is 1. The van der Waals surface area contributed by atoms with Crippen molar-refractivity contribution >= 4 is 39.1 Å². The van der Waals surface area contributed by atoms with Gasteiger partial charge in [0.1, 0.15) is 5.75 Å². The molecule has 0 saturated carbocycles. The van der Waals surface area contributed by atoms with E-state index in [1.165, 1.54) is 6.07 Å². The van der Waals surface area contributed by atoms with Crippen LogP contribution in [0.3, 0.4) is 0 Å². The molecule has 142 valence electrons. The quantitative estimate of drug-likeness (QED) is 0.797. The van der Waals surface area contributed by atoms with Crippen molar-refractivity contribution in [1.29, 1.82) is 0 Å². The highest BCUT2D eigenvalue weighted by Crippen LogP contribution is 2.37. The summed E-state index contributed by atoms with van der Waals surface area (Å²) in [5.41, 5.74) is 5.63. The van der Waals surface area contributed by atoms with Crippen molar-refractivity contribution in [3.8, 4) is 5.75 Å². The Morgan fingerprint density at radius 1 is 1.27 bits per heavy atom. The van der Waals surface area contributed by atoms with Crippen LogP contribution in [0.4, 0.5) is 5.69 Å². The first kappa shape index (κ1) is 18.8. The molecule has 2 aliphatic heterocycles. The van der Waals surface area contributed by atoms with Crippen LogP contribution < -0.4 is 14.8 Å². The van der Waals surface area contributed by atoms with Crippen LogP contribution in [0.5, 0.6) is 5.75 Å². The van der Waals surface area contributed by atoms with E-state index in [1.807, 2.05) is 0 Å². The Labute approximate surface area is 156 Å². The number of piperidine rings is 1. The summed E-state index contributed by atoms with van der Waals surface area (Å²) in [5.74, 6) is -0.611. The minimum Gasteiger partial charge on any atom is -0.476 e. The number of halogens is 1. The summed E-state index contributed by atoms with van der Waals surface area (Å²) in [5, 5.41) is 0.374. The molecule has 0 radical (unpaired) electrons.